The molecule has 0 amide bonds. The van der Waals surface area contributed by atoms with Crippen molar-refractivity contribution >= 4 is 0 Å². The van der Waals surface area contributed by atoms with Gasteiger partial charge in [0.1, 0.15) is 0 Å². The Hall–Kier alpha value is -0.420. The van der Waals surface area contributed by atoms with Gasteiger partial charge in [0.05, 0.1) is 12.8 Å². The average molecular weight is 210 g/mol. The second kappa shape index (κ2) is 6.23. The molecule has 4 nitrogen and oxygen atoms in total. The van der Waals surface area contributed by atoms with E-state index in [0.717, 1.165) is 6.67 Å². The zero-order chi connectivity index (χ0) is 10.3. The highest BCUT2D eigenvalue weighted by Gasteiger charge is 2.20. The van der Waals surface area contributed by atoms with Crippen molar-refractivity contribution in [3.63, 3.8) is 0 Å². The number of hydrogen-bond acceptors (Lipinski definition) is 4. The second-order valence-corrected chi connectivity index (χ2v) is 4.39. The third-order valence-corrected chi connectivity index (χ3v) is 3.20. The number of hydrazine groups is 2. The Labute approximate surface area is 91.8 Å². The van der Waals surface area contributed by atoms with E-state index in [-0.39, 0.29) is 0 Å². The Balaban J connectivity index is 1.88. The molecule has 1 heterocycles. The Morgan fingerprint density at radius 2 is 2.00 bits per heavy atom. The Bertz CT molecular complexity index is 199. The van der Waals surface area contributed by atoms with Gasteiger partial charge in [0.25, 0.3) is 0 Å². The molecular formula is C11H22N4. The van der Waals surface area contributed by atoms with Crippen molar-refractivity contribution < 1.29 is 0 Å². The SMILES string of the molecule is C1=C\C(C2NCNNN2)CCCCCC/1. The van der Waals surface area contributed by atoms with E-state index in [0.29, 0.717) is 12.1 Å². The van der Waals surface area contributed by atoms with Crippen molar-refractivity contribution in [2.45, 2.75) is 44.7 Å². The number of allylic oxidation sites excluding steroid dienone is 1. The van der Waals surface area contributed by atoms with Crippen molar-refractivity contribution in [3.05, 3.63) is 12.2 Å². The van der Waals surface area contributed by atoms with Crippen LogP contribution in [0.25, 0.3) is 0 Å². The van der Waals surface area contributed by atoms with Crippen LogP contribution in [0.2, 0.25) is 0 Å². The lowest BCUT2D eigenvalue weighted by molar-refractivity contribution is 0.207. The van der Waals surface area contributed by atoms with E-state index in [4.69, 9.17) is 0 Å². The molecular weight excluding hydrogens is 188 g/mol. The first-order valence-electron chi connectivity index (χ1n) is 6.10. The Kier molecular flexibility index (Phi) is 4.60. The maximum Gasteiger partial charge on any atom is 0.0790 e. The normalized spacial score (nSPS) is 36.3. The van der Waals surface area contributed by atoms with Gasteiger partial charge in [-0.25, -0.2) is 10.9 Å². The molecule has 0 aromatic heterocycles. The molecule has 1 aliphatic heterocycles. The minimum Gasteiger partial charge on any atom is -0.287 e. The summed E-state index contributed by atoms with van der Waals surface area (Å²) in [4.78, 5) is 0. The summed E-state index contributed by atoms with van der Waals surface area (Å²) in [6, 6.07) is 0. The van der Waals surface area contributed by atoms with Crippen LogP contribution in [0.3, 0.4) is 0 Å². The summed E-state index contributed by atoms with van der Waals surface area (Å²) in [5.41, 5.74) is 9.22. The fraction of sp³-hybridized carbons (Fsp3) is 0.818. The van der Waals surface area contributed by atoms with Crippen LogP contribution >= 0.6 is 0 Å². The molecule has 2 atom stereocenters. The average Bonchev–Trinajstić information content (AvgIpc) is 2.43. The van der Waals surface area contributed by atoms with E-state index in [1.54, 1.807) is 0 Å². The first-order chi connectivity index (χ1) is 7.47. The van der Waals surface area contributed by atoms with E-state index >= 15 is 0 Å². The van der Waals surface area contributed by atoms with Gasteiger partial charge < -0.3 is 0 Å². The molecule has 1 fully saturated rings. The van der Waals surface area contributed by atoms with Crippen LogP contribution in [0.5, 0.6) is 0 Å². The van der Waals surface area contributed by atoms with Gasteiger partial charge >= 0.3 is 0 Å². The molecule has 4 N–H and O–H groups in total. The van der Waals surface area contributed by atoms with E-state index in [1.807, 2.05) is 0 Å². The van der Waals surface area contributed by atoms with Crippen molar-refractivity contribution in [3.8, 4) is 0 Å². The van der Waals surface area contributed by atoms with Gasteiger partial charge in [0, 0.05) is 5.92 Å². The van der Waals surface area contributed by atoms with Gasteiger partial charge in [-0.05, 0) is 19.3 Å². The molecule has 0 bridgehead atoms. The first kappa shape index (κ1) is 11.1. The zero-order valence-corrected chi connectivity index (χ0v) is 9.26. The van der Waals surface area contributed by atoms with E-state index in [2.05, 4.69) is 33.9 Å². The highest BCUT2D eigenvalue weighted by Crippen LogP contribution is 2.18. The minimum absolute atomic E-state index is 0.362. The summed E-state index contributed by atoms with van der Waals surface area (Å²) in [5, 5.41) is 3.42. The molecule has 2 aliphatic rings. The third kappa shape index (κ3) is 3.57. The second-order valence-electron chi connectivity index (χ2n) is 4.39. The maximum absolute atomic E-state index is 3.42. The largest absolute Gasteiger partial charge is 0.287 e. The summed E-state index contributed by atoms with van der Waals surface area (Å²) >= 11 is 0. The van der Waals surface area contributed by atoms with Crippen LogP contribution in [0.1, 0.15) is 38.5 Å². The molecule has 15 heavy (non-hydrogen) atoms. The van der Waals surface area contributed by atoms with E-state index in [9.17, 15) is 0 Å². The summed E-state index contributed by atoms with van der Waals surface area (Å²) in [7, 11) is 0. The first-order valence-corrected chi connectivity index (χ1v) is 6.10. The molecule has 0 spiro atoms. The number of hydrogen-bond donors (Lipinski definition) is 4. The van der Waals surface area contributed by atoms with Crippen LogP contribution < -0.4 is 21.7 Å². The predicted octanol–water partition coefficient (Wildman–Crippen LogP) is 0.999. The van der Waals surface area contributed by atoms with Crippen molar-refractivity contribution in [1.29, 1.82) is 0 Å². The lowest BCUT2D eigenvalue weighted by atomic mass is 9.98. The van der Waals surface area contributed by atoms with Crippen molar-refractivity contribution in [2.75, 3.05) is 6.67 Å². The van der Waals surface area contributed by atoms with Gasteiger partial charge in [-0.3, -0.25) is 5.32 Å². The summed E-state index contributed by atoms with van der Waals surface area (Å²) < 4.78 is 0. The van der Waals surface area contributed by atoms with Gasteiger partial charge in [-0.15, -0.1) is 0 Å². The highest BCUT2D eigenvalue weighted by atomic mass is 15.7. The van der Waals surface area contributed by atoms with Crippen LogP contribution in [-0.4, -0.2) is 12.8 Å². The summed E-state index contributed by atoms with van der Waals surface area (Å²) in [5.74, 6) is 0.609. The monoisotopic (exact) mass is 210 g/mol. The fourth-order valence-corrected chi connectivity index (χ4v) is 2.28. The zero-order valence-electron chi connectivity index (χ0n) is 9.26. The molecule has 4 heteroatoms. The van der Waals surface area contributed by atoms with Crippen LogP contribution in [0.15, 0.2) is 12.2 Å². The van der Waals surface area contributed by atoms with Crippen LogP contribution in [0.4, 0.5) is 0 Å². The Morgan fingerprint density at radius 1 is 1.07 bits per heavy atom. The molecule has 1 aliphatic carbocycles. The Morgan fingerprint density at radius 3 is 2.87 bits per heavy atom. The molecule has 86 valence electrons. The van der Waals surface area contributed by atoms with Gasteiger partial charge in [0.15, 0.2) is 0 Å². The van der Waals surface area contributed by atoms with E-state index in [1.165, 1.54) is 38.5 Å². The number of nitrogens with one attached hydrogen (secondary N) is 4. The molecule has 0 saturated carbocycles. The van der Waals surface area contributed by atoms with Crippen LogP contribution in [-0.2, 0) is 0 Å². The summed E-state index contributed by atoms with van der Waals surface area (Å²) in [6.07, 6.45) is 13.1. The lowest BCUT2D eigenvalue weighted by Gasteiger charge is -2.31. The third-order valence-electron chi connectivity index (χ3n) is 3.20. The lowest BCUT2D eigenvalue weighted by Crippen LogP contribution is -2.65. The summed E-state index contributed by atoms with van der Waals surface area (Å²) in [6.45, 7) is 0.821. The molecule has 0 aromatic rings. The van der Waals surface area contributed by atoms with Crippen molar-refractivity contribution in [2.24, 2.45) is 5.92 Å². The van der Waals surface area contributed by atoms with Gasteiger partial charge in [-0.1, -0.05) is 31.4 Å². The number of rotatable bonds is 1. The van der Waals surface area contributed by atoms with E-state index < -0.39 is 0 Å². The molecule has 1 saturated heterocycles. The smallest absolute Gasteiger partial charge is 0.0790 e. The van der Waals surface area contributed by atoms with Crippen molar-refractivity contribution in [1.82, 2.24) is 21.7 Å². The molecule has 2 rings (SSSR count). The minimum atomic E-state index is 0.362. The van der Waals surface area contributed by atoms with Gasteiger partial charge in [0.2, 0.25) is 0 Å². The topological polar surface area (TPSA) is 48.1 Å². The maximum atomic E-state index is 3.42. The molecule has 0 aromatic carbocycles. The fourth-order valence-electron chi connectivity index (χ4n) is 2.28. The van der Waals surface area contributed by atoms with Gasteiger partial charge in [-0.2, -0.15) is 5.53 Å². The predicted molar refractivity (Wildman–Crippen MR) is 61.5 cm³/mol. The molecule has 2 unspecified atom stereocenters. The highest BCUT2D eigenvalue weighted by molar-refractivity contribution is 4.94. The quantitative estimate of drug-likeness (QED) is 0.488. The van der Waals surface area contributed by atoms with Crippen LogP contribution in [0, 0.1) is 5.92 Å². The standard InChI is InChI=1S/C11H22N4/c1-2-4-6-8-10(7-5-3-1)11-12-9-13-15-14-11/h5,7,10-15H,1-4,6,8-9H2/b7-5-. The molecule has 0 radical (unpaired) electrons.